The summed E-state index contributed by atoms with van der Waals surface area (Å²) in [5.41, 5.74) is 0.915. The van der Waals surface area contributed by atoms with Gasteiger partial charge in [0.1, 0.15) is 0 Å². The maximum absolute atomic E-state index is 11.7. The molecular formula is C10H12N6O. The summed E-state index contributed by atoms with van der Waals surface area (Å²) in [6.07, 6.45) is 3.63. The third-order valence-electron chi connectivity index (χ3n) is 2.24. The lowest BCUT2D eigenvalue weighted by molar-refractivity contribution is -0.121. The minimum Gasteiger partial charge on any atom is -0.346 e. The summed E-state index contributed by atoms with van der Waals surface area (Å²) in [4.78, 5) is 15.6. The molecule has 0 saturated carbocycles. The quantitative estimate of drug-likeness (QED) is 0.774. The summed E-state index contributed by atoms with van der Waals surface area (Å²) in [6, 6.07) is 3.35. The molecule has 17 heavy (non-hydrogen) atoms. The van der Waals surface area contributed by atoms with Crippen LogP contribution in [0.2, 0.25) is 0 Å². The number of aromatic nitrogens is 5. The largest absolute Gasteiger partial charge is 0.346 e. The fourth-order valence-corrected chi connectivity index (χ4v) is 1.40. The van der Waals surface area contributed by atoms with Gasteiger partial charge < -0.3 is 5.32 Å². The Kier molecular flexibility index (Phi) is 3.39. The number of hydrogen-bond acceptors (Lipinski definition) is 5. The van der Waals surface area contributed by atoms with Crippen molar-refractivity contribution in [3.05, 3.63) is 35.9 Å². The summed E-state index contributed by atoms with van der Waals surface area (Å²) in [6.45, 7) is 1.80. The van der Waals surface area contributed by atoms with Gasteiger partial charge in [-0.3, -0.25) is 9.78 Å². The minimum absolute atomic E-state index is 0.0894. The van der Waals surface area contributed by atoms with Crippen LogP contribution in [-0.2, 0) is 11.2 Å². The molecule has 0 spiro atoms. The first-order valence-electron chi connectivity index (χ1n) is 5.17. The number of pyridine rings is 1. The average Bonchev–Trinajstić information content (AvgIpc) is 2.83. The number of carbonyl (C=O) groups excluding carboxylic acids is 1. The number of carbonyl (C=O) groups is 1. The number of hydrogen-bond donors (Lipinski definition) is 2. The van der Waals surface area contributed by atoms with Gasteiger partial charge in [-0.15, -0.1) is 10.2 Å². The van der Waals surface area contributed by atoms with Crippen LogP contribution >= 0.6 is 0 Å². The molecule has 2 N–H and O–H groups in total. The van der Waals surface area contributed by atoms with E-state index in [1.54, 1.807) is 31.5 Å². The van der Waals surface area contributed by atoms with E-state index in [9.17, 15) is 4.79 Å². The van der Waals surface area contributed by atoms with E-state index in [4.69, 9.17) is 0 Å². The van der Waals surface area contributed by atoms with Gasteiger partial charge in [0.15, 0.2) is 5.82 Å². The highest BCUT2D eigenvalue weighted by atomic mass is 16.1. The van der Waals surface area contributed by atoms with E-state index < -0.39 is 0 Å². The molecule has 0 bridgehead atoms. The molecule has 7 nitrogen and oxygen atoms in total. The van der Waals surface area contributed by atoms with Crippen molar-refractivity contribution in [2.24, 2.45) is 0 Å². The lowest BCUT2D eigenvalue weighted by atomic mass is 10.2. The van der Waals surface area contributed by atoms with Gasteiger partial charge in [-0.05, 0) is 24.6 Å². The second kappa shape index (κ2) is 5.15. The van der Waals surface area contributed by atoms with Gasteiger partial charge in [-0.2, -0.15) is 5.21 Å². The van der Waals surface area contributed by atoms with Crippen LogP contribution in [0.5, 0.6) is 0 Å². The zero-order chi connectivity index (χ0) is 12.1. The first-order chi connectivity index (χ1) is 8.25. The summed E-state index contributed by atoms with van der Waals surface area (Å²) in [7, 11) is 0. The number of nitrogens with zero attached hydrogens (tertiary/aromatic N) is 4. The van der Waals surface area contributed by atoms with Crippen molar-refractivity contribution in [2.45, 2.75) is 19.4 Å². The Morgan fingerprint density at radius 2 is 2.24 bits per heavy atom. The van der Waals surface area contributed by atoms with Crippen molar-refractivity contribution in [1.82, 2.24) is 30.9 Å². The minimum atomic E-state index is -0.261. The lowest BCUT2D eigenvalue weighted by Gasteiger charge is -2.09. The molecule has 0 aliphatic carbocycles. The average molecular weight is 232 g/mol. The molecular weight excluding hydrogens is 220 g/mol. The number of aromatic amines is 1. The van der Waals surface area contributed by atoms with Gasteiger partial charge in [0.2, 0.25) is 5.91 Å². The fraction of sp³-hybridized carbons (Fsp3) is 0.300. The van der Waals surface area contributed by atoms with Crippen LogP contribution in [0.4, 0.5) is 0 Å². The molecule has 0 aliphatic rings. The smallest absolute Gasteiger partial charge is 0.225 e. The molecule has 1 unspecified atom stereocenters. The van der Waals surface area contributed by atoms with Crippen LogP contribution in [-0.4, -0.2) is 31.5 Å². The highest BCUT2D eigenvalue weighted by molar-refractivity contribution is 5.78. The van der Waals surface area contributed by atoms with Crippen LogP contribution in [0.1, 0.15) is 24.4 Å². The predicted octanol–water partition coefficient (Wildman–Crippen LogP) is 0.0146. The van der Waals surface area contributed by atoms with Crippen molar-refractivity contribution in [3.63, 3.8) is 0 Å². The summed E-state index contributed by atoms with van der Waals surface area (Å²) in [5, 5.41) is 16.2. The van der Waals surface area contributed by atoms with Crippen LogP contribution in [0.25, 0.3) is 0 Å². The maximum atomic E-state index is 11.7. The molecule has 7 heteroatoms. The monoisotopic (exact) mass is 232 g/mol. The van der Waals surface area contributed by atoms with Crippen LogP contribution in [0, 0.1) is 0 Å². The molecule has 1 amide bonds. The summed E-state index contributed by atoms with van der Waals surface area (Å²) < 4.78 is 0. The second-order valence-electron chi connectivity index (χ2n) is 3.59. The Balaban J connectivity index is 1.90. The predicted molar refractivity (Wildman–Crippen MR) is 58.7 cm³/mol. The van der Waals surface area contributed by atoms with Crippen LogP contribution < -0.4 is 5.32 Å². The van der Waals surface area contributed by atoms with E-state index in [0.717, 1.165) is 5.56 Å². The van der Waals surface area contributed by atoms with Gasteiger partial charge in [-0.25, -0.2) is 0 Å². The summed E-state index contributed by atoms with van der Waals surface area (Å²) in [5.74, 6) is 0.376. The van der Waals surface area contributed by atoms with E-state index in [1.165, 1.54) is 0 Å². The standard InChI is InChI=1S/C10H12N6O/c1-7(10-13-15-16-14-10)12-9(17)6-8-2-4-11-5-3-8/h2-5,7H,6H2,1H3,(H,12,17)(H,13,14,15,16). The Bertz CT molecular complexity index is 469. The van der Waals surface area contributed by atoms with E-state index in [-0.39, 0.29) is 11.9 Å². The van der Waals surface area contributed by atoms with E-state index in [0.29, 0.717) is 12.2 Å². The van der Waals surface area contributed by atoms with Crippen LogP contribution in [0.15, 0.2) is 24.5 Å². The molecule has 0 radical (unpaired) electrons. The fourth-order valence-electron chi connectivity index (χ4n) is 1.40. The molecule has 88 valence electrons. The van der Waals surface area contributed by atoms with E-state index in [1.807, 2.05) is 0 Å². The van der Waals surface area contributed by atoms with E-state index in [2.05, 4.69) is 30.9 Å². The van der Waals surface area contributed by atoms with Crippen molar-refractivity contribution in [3.8, 4) is 0 Å². The highest BCUT2D eigenvalue weighted by Crippen LogP contribution is 2.04. The molecule has 0 fully saturated rings. The Morgan fingerprint density at radius 3 is 2.88 bits per heavy atom. The van der Waals surface area contributed by atoms with E-state index >= 15 is 0 Å². The van der Waals surface area contributed by atoms with Crippen molar-refractivity contribution in [2.75, 3.05) is 0 Å². The lowest BCUT2D eigenvalue weighted by Crippen LogP contribution is -2.28. The second-order valence-corrected chi connectivity index (χ2v) is 3.59. The molecule has 2 rings (SSSR count). The van der Waals surface area contributed by atoms with Crippen LogP contribution in [0.3, 0.4) is 0 Å². The maximum Gasteiger partial charge on any atom is 0.225 e. The van der Waals surface area contributed by atoms with Gasteiger partial charge in [0.25, 0.3) is 0 Å². The highest BCUT2D eigenvalue weighted by Gasteiger charge is 2.13. The molecule has 0 saturated heterocycles. The van der Waals surface area contributed by atoms with Crippen molar-refractivity contribution >= 4 is 5.91 Å². The molecule has 0 aromatic carbocycles. The van der Waals surface area contributed by atoms with Gasteiger partial charge in [0.05, 0.1) is 12.5 Å². The van der Waals surface area contributed by atoms with Gasteiger partial charge in [0, 0.05) is 12.4 Å². The van der Waals surface area contributed by atoms with Crippen molar-refractivity contribution < 1.29 is 4.79 Å². The molecule has 2 aromatic heterocycles. The number of tetrazole rings is 1. The molecule has 2 aromatic rings. The number of H-pyrrole nitrogens is 1. The first-order valence-corrected chi connectivity index (χ1v) is 5.17. The van der Waals surface area contributed by atoms with Crippen molar-refractivity contribution in [1.29, 1.82) is 0 Å². The zero-order valence-electron chi connectivity index (χ0n) is 9.29. The molecule has 0 aliphatic heterocycles. The van der Waals surface area contributed by atoms with Gasteiger partial charge >= 0.3 is 0 Å². The number of rotatable bonds is 4. The summed E-state index contributed by atoms with van der Waals surface area (Å²) >= 11 is 0. The molecule has 2 heterocycles. The number of nitrogens with one attached hydrogen (secondary N) is 2. The Labute approximate surface area is 97.7 Å². The first kappa shape index (κ1) is 11.2. The SMILES string of the molecule is CC(NC(=O)Cc1ccncc1)c1nn[nH]n1. The Morgan fingerprint density at radius 1 is 1.47 bits per heavy atom. The zero-order valence-corrected chi connectivity index (χ0v) is 9.29. The third-order valence-corrected chi connectivity index (χ3v) is 2.24. The van der Waals surface area contributed by atoms with Gasteiger partial charge in [-0.1, -0.05) is 5.21 Å². The third kappa shape index (κ3) is 3.07. The topological polar surface area (TPSA) is 96.5 Å². The normalized spacial score (nSPS) is 12.1. The Hall–Kier alpha value is -2.31. The number of amides is 1. The molecule has 1 atom stereocenters.